The van der Waals surface area contributed by atoms with Crippen LogP contribution in [0.5, 0.6) is 0 Å². The van der Waals surface area contributed by atoms with Crippen molar-refractivity contribution in [2.75, 3.05) is 0 Å². The molecule has 1 rings (SSSR count). The molecule has 114 valence electrons. The number of nitrogens with one attached hydrogen (secondary N) is 1. The standard InChI is InChI=1S/C11H17Cl3N4O2/c1-4-7-5(2)6(3)8(17-18-16)9(19-7)20-10(15)11(12,13)14/h5-9,15H,4H2,1-3H3/t5-,6-,7?,8?,9+/m0/s1. The summed E-state index contributed by atoms with van der Waals surface area (Å²) in [4.78, 5) is 2.81. The van der Waals surface area contributed by atoms with Crippen LogP contribution in [0.15, 0.2) is 5.11 Å². The van der Waals surface area contributed by atoms with Crippen LogP contribution in [-0.2, 0) is 9.47 Å². The van der Waals surface area contributed by atoms with E-state index in [0.717, 1.165) is 6.42 Å². The van der Waals surface area contributed by atoms with E-state index in [1.54, 1.807) is 0 Å². The third kappa shape index (κ3) is 4.06. The highest BCUT2D eigenvalue weighted by Gasteiger charge is 2.43. The summed E-state index contributed by atoms with van der Waals surface area (Å²) >= 11 is 16.8. The van der Waals surface area contributed by atoms with Crippen LogP contribution in [-0.4, -0.2) is 28.1 Å². The van der Waals surface area contributed by atoms with Crippen molar-refractivity contribution in [1.29, 1.82) is 5.41 Å². The van der Waals surface area contributed by atoms with Gasteiger partial charge in [-0.1, -0.05) is 60.7 Å². The van der Waals surface area contributed by atoms with Gasteiger partial charge in [0, 0.05) is 4.91 Å². The second-order valence-corrected chi connectivity index (χ2v) is 7.09. The molecule has 0 aromatic heterocycles. The van der Waals surface area contributed by atoms with Crippen molar-refractivity contribution >= 4 is 40.7 Å². The van der Waals surface area contributed by atoms with Crippen molar-refractivity contribution in [3.05, 3.63) is 10.4 Å². The van der Waals surface area contributed by atoms with Crippen molar-refractivity contribution in [1.82, 2.24) is 0 Å². The fourth-order valence-corrected chi connectivity index (χ4v) is 2.38. The highest BCUT2D eigenvalue weighted by atomic mass is 35.6. The lowest BCUT2D eigenvalue weighted by Crippen LogP contribution is -2.50. The van der Waals surface area contributed by atoms with Gasteiger partial charge in [0.2, 0.25) is 12.2 Å². The molecule has 5 atom stereocenters. The number of halogens is 3. The van der Waals surface area contributed by atoms with E-state index in [0.29, 0.717) is 0 Å². The molecule has 0 saturated carbocycles. The lowest BCUT2D eigenvalue weighted by atomic mass is 9.81. The monoisotopic (exact) mass is 342 g/mol. The molecule has 0 radical (unpaired) electrons. The molecule has 0 spiro atoms. The van der Waals surface area contributed by atoms with Gasteiger partial charge in [0.05, 0.1) is 6.10 Å². The zero-order valence-corrected chi connectivity index (χ0v) is 13.7. The lowest BCUT2D eigenvalue weighted by Gasteiger charge is -2.42. The van der Waals surface area contributed by atoms with E-state index in [9.17, 15) is 0 Å². The van der Waals surface area contributed by atoms with E-state index in [1.807, 2.05) is 20.8 Å². The smallest absolute Gasteiger partial charge is 0.265 e. The molecular weight excluding hydrogens is 327 g/mol. The van der Waals surface area contributed by atoms with Gasteiger partial charge in [-0.2, -0.15) is 0 Å². The van der Waals surface area contributed by atoms with Gasteiger partial charge in [-0.15, -0.1) is 0 Å². The molecule has 1 fully saturated rings. The van der Waals surface area contributed by atoms with Gasteiger partial charge in [-0.3, -0.25) is 5.41 Å². The molecule has 1 saturated heterocycles. The first-order chi connectivity index (χ1) is 9.22. The molecule has 0 aliphatic carbocycles. The summed E-state index contributed by atoms with van der Waals surface area (Å²) in [6.07, 6.45) is -0.219. The van der Waals surface area contributed by atoms with Crippen LogP contribution in [0, 0.1) is 17.2 Å². The second-order valence-electron chi connectivity index (χ2n) is 4.81. The van der Waals surface area contributed by atoms with Gasteiger partial charge in [0.25, 0.3) is 3.79 Å². The van der Waals surface area contributed by atoms with E-state index in [4.69, 9.17) is 55.2 Å². The van der Waals surface area contributed by atoms with Crippen LogP contribution in [0.3, 0.4) is 0 Å². The Kier molecular flexibility index (Phi) is 6.23. The average Bonchev–Trinajstić information content (AvgIpc) is 2.36. The summed E-state index contributed by atoms with van der Waals surface area (Å²) in [6.45, 7) is 5.96. The Bertz CT molecular complexity index is 409. The highest BCUT2D eigenvalue weighted by molar-refractivity contribution is 6.76. The summed E-state index contributed by atoms with van der Waals surface area (Å²) in [7, 11) is 0. The SMILES string of the molecule is CCC1O[C@H](OC(=N)C(Cl)(Cl)Cl)C(N=[N+]=[N-])[C@@H](C)[C@@H]1C. The fraction of sp³-hybridized carbons (Fsp3) is 0.909. The van der Waals surface area contributed by atoms with Crippen molar-refractivity contribution in [3.8, 4) is 0 Å². The number of nitrogens with zero attached hydrogens (tertiary/aromatic N) is 3. The van der Waals surface area contributed by atoms with E-state index in [2.05, 4.69) is 10.0 Å². The second kappa shape index (κ2) is 7.05. The van der Waals surface area contributed by atoms with Crippen LogP contribution in [0.2, 0.25) is 0 Å². The number of hydrogen-bond donors (Lipinski definition) is 1. The molecule has 0 aromatic carbocycles. The average molecular weight is 344 g/mol. The summed E-state index contributed by atoms with van der Waals surface area (Å²) in [5, 5.41) is 11.3. The third-order valence-electron chi connectivity index (χ3n) is 3.62. The Morgan fingerprint density at radius 3 is 2.45 bits per heavy atom. The van der Waals surface area contributed by atoms with Crippen molar-refractivity contribution in [2.45, 2.75) is 49.4 Å². The van der Waals surface area contributed by atoms with Crippen LogP contribution in [0.4, 0.5) is 0 Å². The lowest BCUT2D eigenvalue weighted by molar-refractivity contribution is -0.199. The molecule has 0 bridgehead atoms. The van der Waals surface area contributed by atoms with Gasteiger partial charge in [0.15, 0.2) is 0 Å². The zero-order chi connectivity index (χ0) is 15.5. The third-order valence-corrected chi connectivity index (χ3v) is 4.14. The molecule has 1 aliphatic heterocycles. The number of hydrogen-bond acceptors (Lipinski definition) is 4. The Morgan fingerprint density at radius 1 is 1.40 bits per heavy atom. The molecule has 0 amide bonds. The maximum Gasteiger partial charge on any atom is 0.265 e. The first-order valence-electron chi connectivity index (χ1n) is 6.24. The zero-order valence-electron chi connectivity index (χ0n) is 11.4. The van der Waals surface area contributed by atoms with Gasteiger partial charge in [0.1, 0.15) is 6.04 Å². The molecule has 20 heavy (non-hydrogen) atoms. The minimum absolute atomic E-state index is 0.0257. The Balaban J connectivity index is 2.94. The Morgan fingerprint density at radius 2 is 2.00 bits per heavy atom. The first-order valence-corrected chi connectivity index (χ1v) is 7.37. The normalized spacial score (nSPS) is 34.2. The van der Waals surface area contributed by atoms with Gasteiger partial charge in [-0.05, 0) is 23.8 Å². The predicted octanol–water partition coefficient (Wildman–Crippen LogP) is 4.44. The number of rotatable bonds is 3. The Labute approximate surface area is 132 Å². The van der Waals surface area contributed by atoms with E-state index in [1.165, 1.54) is 0 Å². The summed E-state index contributed by atoms with van der Waals surface area (Å²) in [6, 6.07) is -0.578. The molecule has 2 unspecified atom stereocenters. The predicted molar refractivity (Wildman–Crippen MR) is 79.3 cm³/mol. The minimum Gasteiger partial charge on any atom is -0.448 e. The van der Waals surface area contributed by atoms with Crippen LogP contribution in [0.25, 0.3) is 10.4 Å². The Hall–Kier alpha value is -0.390. The molecule has 6 nitrogen and oxygen atoms in total. The van der Waals surface area contributed by atoms with E-state index in [-0.39, 0.29) is 17.9 Å². The summed E-state index contributed by atoms with van der Waals surface area (Å²) in [5.41, 5.74) is 8.67. The first kappa shape index (κ1) is 17.7. The molecule has 1 aliphatic rings. The van der Waals surface area contributed by atoms with Crippen LogP contribution in [0.1, 0.15) is 27.2 Å². The van der Waals surface area contributed by atoms with Crippen molar-refractivity contribution in [2.24, 2.45) is 17.0 Å². The molecule has 1 heterocycles. The minimum atomic E-state index is -1.97. The number of ether oxygens (including phenoxy) is 2. The van der Waals surface area contributed by atoms with Crippen LogP contribution >= 0.6 is 34.8 Å². The summed E-state index contributed by atoms with van der Waals surface area (Å²) in [5.74, 6) is -0.336. The van der Waals surface area contributed by atoms with Crippen molar-refractivity contribution in [3.63, 3.8) is 0 Å². The highest BCUT2D eigenvalue weighted by Crippen LogP contribution is 2.36. The molecule has 1 N–H and O–H groups in total. The number of alkyl halides is 3. The van der Waals surface area contributed by atoms with E-state index < -0.39 is 22.0 Å². The molecule has 0 aromatic rings. The van der Waals surface area contributed by atoms with E-state index >= 15 is 0 Å². The summed E-state index contributed by atoms with van der Waals surface area (Å²) < 4.78 is 9.04. The quantitative estimate of drug-likeness (QED) is 0.205. The molecular formula is C11H17Cl3N4O2. The van der Waals surface area contributed by atoms with Crippen molar-refractivity contribution < 1.29 is 9.47 Å². The maximum atomic E-state index is 8.67. The fourth-order valence-electron chi connectivity index (χ4n) is 2.24. The largest absolute Gasteiger partial charge is 0.448 e. The van der Waals surface area contributed by atoms with Gasteiger partial charge in [-0.25, -0.2) is 0 Å². The topological polar surface area (TPSA) is 91.1 Å². The molecule has 9 heteroatoms. The van der Waals surface area contributed by atoms with Gasteiger partial charge >= 0.3 is 0 Å². The van der Waals surface area contributed by atoms with Crippen LogP contribution < -0.4 is 0 Å². The van der Waals surface area contributed by atoms with Gasteiger partial charge < -0.3 is 9.47 Å². The number of azide groups is 1. The maximum absolute atomic E-state index is 8.67.